The molecule has 1 heterocycles. The van der Waals surface area contributed by atoms with E-state index in [1.54, 1.807) is 25.3 Å². The highest BCUT2D eigenvalue weighted by atomic mass is 35.5. The molecular formula is C11H10ClNO2. The average Bonchev–Trinajstić information content (AvgIpc) is 2.21. The molecule has 0 radical (unpaired) electrons. The maximum Gasteiger partial charge on any atom is 0.317 e. The summed E-state index contributed by atoms with van der Waals surface area (Å²) in [7, 11) is 0. The van der Waals surface area contributed by atoms with Crippen molar-refractivity contribution in [1.82, 2.24) is 4.98 Å². The molecule has 1 rings (SSSR count). The first kappa shape index (κ1) is 11.5. The van der Waals surface area contributed by atoms with Crippen LogP contribution in [0.25, 0.3) is 0 Å². The molecule has 0 aliphatic carbocycles. The lowest BCUT2D eigenvalue weighted by atomic mass is 10.3. The van der Waals surface area contributed by atoms with Crippen molar-refractivity contribution in [3.05, 3.63) is 29.0 Å². The van der Waals surface area contributed by atoms with Crippen molar-refractivity contribution < 1.29 is 9.53 Å². The molecule has 0 N–H and O–H groups in total. The van der Waals surface area contributed by atoms with Crippen LogP contribution in [0, 0.1) is 11.8 Å². The third-order valence-corrected chi connectivity index (χ3v) is 1.72. The van der Waals surface area contributed by atoms with Crippen LogP contribution in [-0.4, -0.2) is 17.6 Å². The van der Waals surface area contributed by atoms with Crippen molar-refractivity contribution in [3.8, 4) is 11.8 Å². The van der Waals surface area contributed by atoms with Gasteiger partial charge in [0.1, 0.15) is 11.6 Å². The summed E-state index contributed by atoms with van der Waals surface area (Å²) < 4.78 is 4.72. The van der Waals surface area contributed by atoms with Crippen LogP contribution in [0.1, 0.15) is 18.9 Å². The molecule has 15 heavy (non-hydrogen) atoms. The van der Waals surface area contributed by atoms with E-state index in [0.717, 1.165) is 5.56 Å². The van der Waals surface area contributed by atoms with Gasteiger partial charge in [0.2, 0.25) is 0 Å². The van der Waals surface area contributed by atoms with Crippen LogP contribution in [-0.2, 0) is 9.53 Å². The smallest absolute Gasteiger partial charge is 0.317 e. The SMILES string of the molecule is CCOC(=O)CC#Cc1ccc(Cl)nc1. The van der Waals surface area contributed by atoms with Crippen LogP contribution < -0.4 is 0 Å². The van der Waals surface area contributed by atoms with Gasteiger partial charge in [-0.15, -0.1) is 0 Å². The Balaban J connectivity index is 2.51. The van der Waals surface area contributed by atoms with Gasteiger partial charge < -0.3 is 4.74 Å². The minimum atomic E-state index is -0.313. The monoisotopic (exact) mass is 223 g/mol. The van der Waals surface area contributed by atoms with Crippen molar-refractivity contribution >= 4 is 17.6 Å². The van der Waals surface area contributed by atoms with Gasteiger partial charge in [0, 0.05) is 11.8 Å². The number of hydrogen-bond donors (Lipinski definition) is 0. The molecule has 0 spiro atoms. The summed E-state index contributed by atoms with van der Waals surface area (Å²) in [5.41, 5.74) is 0.726. The molecule has 0 unspecified atom stereocenters. The summed E-state index contributed by atoms with van der Waals surface area (Å²) in [6.07, 6.45) is 1.65. The number of hydrogen-bond acceptors (Lipinski definition) is 3. The van der Waals surface area contributed by atoms with Crippen LogP contribution in [0.3, 0.4) is 0 Å². The molecule has 4 heteroatoms. The van der Waals surface area contributed by atoms with E-state index < -0.39 is 0 Å². The zero-order chi connectivity index (χ0) is 11.1. The van der Waals surface area contributed by atoms with Gasteiger partial charge in [-0.1, -0.05) is 23.4 Å². The number of esters is 1. The van der Waals surface area contributed by atoms with E-state index in [9.17, 15) is 4.79 Å². The molecule has 0 fully saturated rings. The van der Waals surface area contributed by atoms with E-state index in [2.05, 4.69) is 16.8 Å². The fourth-order valence-electron chi connectivity index (χ4n) is 0.880. The maximum atomic E-state index is 10.9. The van der Waals surface area contributed by atoms with Crippen molar-refractivity contribution in [2.45, 2.75) is 13.3 Å². The summed E-state index contributed by atoms with van der Waals surface area (Å²) >= 11 is 5.60. The van der Waals surface area contributed by atoms with Crippen molar-refractivity contribution in [3.63, 3.8) is 0 Å². The van der Waals surface area contributed by atoms with E-state index in [4.69, 9.17) is 16.3 Å². The summed E-state index contributed by atoms with van der Waals surface area (Å²) in [5.74, 6) is 5.17. The van der Waals surface area contributed by atoms with Crippen molar-refractivity contribution in [2.75, 3.05) is 6.61 Å². The first-order valence-electron chi connectivity index (χ1n) is 4.48. The first-order chi connectivity index (χ1) is 7.22. The molecule has 0 saturated carbocycles. The summed E-state index contributed by atoms with van der Waals surface area (Å²) in [5, 5.41) is 0.422. The highest BCUT2D eigenvalue weighted by Gasteiger charge is 1.96. The first-order valence-corrected chi connectivity index (χ1v) is 4.86. The van der Waals surface area contributed by atoms with E-state index >= 15 is 0 Å². The van der Waals surface area contributed by atoms with Crippen LogP contribution >= 0.6 is 11.6 Å². The van der Waals surface area contributed by atoms with Gasteiger partial charge in [0.05, 0.1) is 6.61 Å². The lowest BCUT2D eigenvalue weighted by Crippen LogP contribution is -2.01. The van der Waals surface area contributed by atoms with E-state index in [1.165, 1.54) is 0 Å². The Morgan fingerprint density at radius 2 is 2.40 bits per heavy atom. The molecule has 78 valence electrons. The van der Waals surface area contributed by atoms with E-state index in [0.29, 0.717) is 11.8 Å². The van der Waals surface area contributed by atoms with Crippen LogP contribution in [0.5, 0.6) is 0 Å². The number of pyridine rings is 1. The van der Waals surface area contributed by atoms with Gasteiger partial charge in [-0.25, -0.2) is 4.98 Å². The van der Waals surface area contributed by atoms with Crippen molar-refractivity contribution in [2.24, 2.45) is 0 Å². The molecule has 0 aromatic carbocycles. The largest absolute Gasteiger partial charge is 0.465 e. The number of nitrogens with zero attached hydrogens (tertiary/aromatic N) is 1. The minimum absolute atomic E-state index is 0.0937. The van der Waals surface area contributed by atoms with Gasteiger partial charge in [-0.2, -0.15) is 0 Å². The fourth-order valence-corrected chi connectivity index (χ4v) is 0.992. The van der Waals surface area contributed by atoms with E-state index in [1.807, 2.05) is 0 Å². The standard InChI is InChI=1S/C11H10ClNO2/c1-2-15-11(14)5-3-4-9-6-7-10(12)13-8-9/h6-8H,2,5H2,1H3. The van der Waals surface area contributed by atoms with E-state index in [-0.39, 0.29) is 12.4 Å². The number of aromatic nitrogens is 1. The Morgan fingerprint density at radius 1 is 1.60 bits per heavy atom. The quantitative estimate of drug-likeness (QED) is 0.438. The Bertz CT molecular complexity index is 389. The Morgan fingerprint density at radius 3 is 3.00 bits per heavy atom. The third kappa shape index (κ3) is 4.48. The zero-order valence-corrected chi connectivity index (χ0v) is 9.04. The Kier molecular flexibility index (Phi) is 4.65. The molecule has 0 aliphatic rings. The molecular weight excluding hydrogens is 214 g/mol. The summed E-state index contributed by atoms with van der Waals surface area (Å²) in [4.78, 5) is 14.8. The van der Waals surface area contributed by atoms with Gasteiger partial charge in [-0.3, -0.25) is 4.79 Å². The highest BCUT2D eigenvalue weighted by molar-refractivity contribution is 6.29. The van der Waals surface area contributed by atoms with Crippen LogP contribution in [0.2, 0.25) is 5.15 Å². The minimum Gasteiger partial charge on any atom is -0.465 e. The molecule has 0 aliphatic heterocycles. The van der Waals surface area contributed by atoms with Crippen LogP contribution in [0.4, 0.5) is 0 Å². The number of carbonyl (C=O) groups excluding carboxylic acids is 1. The predicted molar refractivity (Wildman–Crippen MR) is 57.4 cm³/mol. The fraction of sp³-hybridized carbons (Fsp3) is 0.273. The lowest BCUT2D eigenvalue weighted by molar-refractivity contribution is -0.141. The average molecular weight is 224 g/mol. The highest BCUT2D eigenvalue weighted by Crippen LogP contribution is 2.03. The van der Waals surface area contributed by atoms with Crippen LogP contribution in [0.15, 0.2) is 18.3 Å². The second-order valence-electron chi connectivity index (χ2n) is 2.65. The third-order valence-electron chi connectivity index (χ3n) is 1.50. The van der Waals surface area contributed by atoms with Gasteiger partial charge in [0.25, 0.3) is 0 Å². The second-order valence-corrected chi connectivity index (χ2v) is 3.04. The molecule has 0 bridgehead atoms. The molecule has 0 atom stereocenters. The topological polar surface area (TPSA) is 39.2 Å². The predicted octanol–water partition coefficient (Wildman–Crippen LogP) is 2.04. The summed E-state index contributed by atoms with van der Waals surface area (Å²) in [6.45, 7) is 2.14. The van der Waals surface area contributed by atoms with Gasteiger partial charge in [0.15, 0.2) is 0 Å². The lowest BCUT2D eigenvalue weighted by Gasteiger charge is -1.94. The Hall–Kier alpha value is -1.53. The number of ether oxygens (including phenoxy) is 1. The normalized spacial score (nSPS) is 8.93. The van der Waals surface area contributed by atoms with Crippen molar-refractivity contribution in [1.29, 1.82) is 0 Å². The van der Waals surface area contributed by atoms with Gasteiger partial charge >= 0.3 is 5.97 Å². The second kappa shape index (κ2) is 6.05. The molecule has 3 nitrogen and oxygen atoms in total. The molecule has 1 aromatic heterocycles. The number of carbonyl (C=O) groups is 1. The number of rotatable bonds is 2. The van der Waals surface area contributed by atoms with Gasteiger partial charge in [-0.05, 0) is 19.1 Å². The number of halogens is 1. The summed E-state index contributed by atoms with van der Waals surface area (Å²) in [6, 6.07) is 3.39. The Labute approximate surface area is 93.4 Å². The zero-order valence-electron chi connectivity index (χ0n) is 8.29. The molecule has 1 aromatic rings. The maximum absolute atomic E-state index is 10.9. The molecule has 0 amide bonds. The molecule has 0 saturated heterocycles.